The average molecular weight is 237 g/mol. The molecule has 0 atom stereocenters. The first-order valence-electron chi connectivity index (χ1n) is 5.35. The van der Waals surface area contributed by atoms with Gasteiger partial charge in [0.25, 0.3) is 0 Å². The lowest BCUT2D eigenvalue weighted by Crippen LogP contribution is -2.18. The van der Waals surface area contributed by atoms with Crippen molar-refractivity contribution in [3.05, 3.63) is 12.1 Å². The topological polar surface area (TPSA) is 71.7 Å². The number of aromatic nitrogens is 1. The zero-order valence-electron chi connectivity index (χ0n) is 9.64. The van der Waals surface area contributed by atoms with Crippen molar-refractivity contribution < 1.29 is 19.8 Å². The molecule has 0 unspecified atom stereocenters. The lowest BCUT2D eigenvalue weighted by molar-refractivity contribution is -0.145. The summed E-state index contributed by atoms with van der Waals surface area (Å²) in [6.45, 7) is 1.77. The Morgan fingerprint density at radius 2 is 2.00 bits per heavy atom. The standard InChI is InChI=1S/C12H15NO4/c1-2-3-4-5-6-7-12(16)17-13-10(14)8-9-11(13)15/h8-9,14-15H,4-7H2,1H3. The van der Waals surface area contributed by atoms with E-state index in [9.17, 15) is 15.0 Å². The molecule has 1 aromatic heterocycles. The van der Waals surface area contributed by atoms with Crippen molar-refractivity contribution in [1.29, 1.82) is 0 Å². The summed E-state index contributed by atoms with van der Waals surface area (Å²) < 4.78 is 0.689. The Hall–Kier alpha value is -2.09. The summed E-state index contributed by atoms with van der Waals surface area (Å²) in [5, 5.41) is 18.5. The van der Waals surface area contributed by atoms with Crippen molar-refractivity contribution >= 4 is 5.97 Å². The minimum atomic E-state index is -0.503. The van der Waals surface area contributed by atoms with Gasteiger partial charge in [0.1, 0.15) is 0 Å². The fourth-order valence-corrected chi connectivity index (χ4v) is 1.25. The highest BCUT2D eigenvalue weighted by Crippen LogP contribution is 2.18. The van der Waals surface area contributed by atoms with Crippen LogP contribution in [0.1, 0.15) is 32.6 Å². The van der Waals surface area contributed by atoms with Crippen LogP contribution in [0.5, 0.6) is 11.8 Å². The second kappa shape index (κ2) is 6.48. The summed E-state index contributed by atoms with van der Waals surface area (Å²) in [5.41, 5.74) is 0. The number of aromatic hydroxyl groups is 2. The Morgan fingerprint density at radius 3 is 2.59 bits per heavy atom. The maximum Gasteiger partial charge on any atom is 0.333 e. The molecule has 0 aromatic carbocycles. The molecule has 0 aliphatic rings. The highest BCUT2D eigenvalue weighted by atomic mass is 16.7. The molecule has 0 saturated carbocycles. The molecule has 17 heavy (non-hydrogen) atoms. The number of carbonyl (C=O) groups excluding carboxylic acids is 1. The molecule has 0 bridgehead atoms. The van der Waals surface area contributed by atoms with Crippen molar-refractivity contribution in [2.24, 2.45) is 0 Å². The fourth-order valence-electron chi connectivity index (χ4n) is 1.25. The van der Waals surface area contributed by atoms with Gasteiger partial charge in [0, 0.05) is 25.0 Å². The smallest absolute Gasteiger partial charge is 0.333 e. The SMILES string of the molecule is CC#CCCCCC(=O)On1c(O)ccc1O. The van der Waals surface area contributed by atoms with Gasteiger partial charge in [0.2, 0.25) is 11.8 Å². The number of hydrogen-bond acceptors (Lipinski definition) is 4. The Morgan fingerprint density at radius 1 is 1.35 bits per heavy atom. The van der Waals surface area contributed by atoms with Crippen LogP contribution >= 0.6 is 0 Å². The van der Waals surface area contributed by atoms with E-state index in [2.05, 4.69) is 11.8 Å². The number of hydrogen-bond donors (Lipinski definition) is 2. The monoisotopic (exact) mass is 237 g/mol. The van der Waals surface area contributed by atoms with Gasteiger partial charge in [-0.15, -0.1) is 16.6 Å². The molecule has 1 aromatic rings. The zero-order valence-corrected chi connectivity index (χ0v) is 9.64. The first-order valence-corrected chi connectivity index (χ1v) is 5.35. The molecular formula is C12H15NO4. The maximum absolute atomic E-state index is 11.3. The van der Waals surface area contributed by atoms with Gasteiger partial charge in [-0.05, 0) is 19.8 Å². The van der Waals surface area contributed by atoms with Crippen LogP contribution in [-0.4, -0.2) is 20.9 Å². The maximum atomic E-state index is 11.3. The molecule has 2 N–H and O–H groups in total. The molecule has 0 spiro atoms. The van der Waals surface area contributed by atoms with E-state index in [1.54, 1.807) is 6.92 Å². The van der Waals surface area contributed by atoms with Crippen LogP contribution in [0.3, 0.4) is 0 Å². The van der Waals surface area contributed by atoms with Crippen LogP contribution < -0.4 is 4.84 Å². The average Bonchev–Trinajstić information content (AvgIpc) is 2.60. The van der Waals surface area contributed by atoms with Gasteiger partial charge in [-0.1, -0.05) is 0 Å². The molecule has 0 saturated heterocycles. The van der Waals surface area contributed by atoms with Crippen LogP contribution in [0.25, 0.3) is 0 Å². The number of nitrogens with zero attached hydrogens (tertiary/aromatic N) is 1. The lowest BCUT2D eigenvalue weighted by atomic mass is 10.2. The van der Waals surface area contributed by atoms with Gasteiger partial charge in [0.05, 0.1) is 0 Å². The zero-order chi connectivity index (χ0) is 12.7. The predicted molar refractivity (Wildman–Crippen MR) is 61.3 cm³/mol. The summed E-state index contributed by atoms with van der Waals surface area (Å²) in [6.07, 6.45) is 2.46. The van der Waals surface area contributed by atoms with Gasteiger partial charge in [-0.25, -0.2) is 4.79 Å². The number of unbranched alkanes of at least 4 members (excludes halogenated alkanes) is 2. The molecule has 92 valence electrons. The summed E-state index contributed by atoms with van der Waals surface area (Å²) in [5.74, 6) is 4.54. The van der Waals surface area contributed by atoms with E-state index in [-0.39, 0.29) is 18.2 Å². The van der Waals surface area contributed by atoms with Crippen LogP contribution in [0.15, 0.2) is 12.1 Å². The second-order valence-corrected chi connectivity index (χ2v) is 3.44. The first-order chi connectivity index (χ1) is 8.15. The summed E-state index contributed by atoms with van der Waals surface area (Å²) in [4.78, 5) is 16.1. The Balaban J connectivity index is 2.32. The Kier molecular flexibility index (Phi) is 4.95. The van der Waals surface area contributed by atoms with E-state index in [1.165, 1.54) is 12.1 Å². The third-order valence-electron chi connectivity index (χ3n) is 2.10. The van der Waals surface area contributed by atoms with E-state index in [0.29, 0.717) is 11.2 Å². The normalized spacial score (nSPS) is 9.47. The van der Waals surface area contributed by atoms with Crippen LogP contribution in [0.4, 0.5) is 0 Å². The third-order valence-corrected chi connectivity index (χ3v) is 2.10. The molecule has 0 aliphatic carbocycles. The largest absolute Gasteiger partial charge is 0.492 e. The van der Waals surface area contributed by atoms with E-state index in [4.69, 9.17) is 4.84 Å². The number of carbonyl (C=O) groups is 1. The lowest BCUT2D eigenvalue weighted by Gasteiger charge is -2.06. The molecule has 1 heterocycles. The molecule has 5 nitrogen and oxygen atoms in total. The van der Waals surface area contributed by atoms with Crippen molar-refractivity contribution in [1.82, 2.24) is 4.73 Å². The molecule has 5 heteroatoms. The fraction of sp³-hybridized carbons (Fsp3) is 0.417. The quantitative estimate of drug-likeness (QED) is 0.600. The van der Waals surface area contributed by atoms with Crippen molar-refractivity contribution in [3.63, 3.8) is 0 Å². The molecule has 0 radical (unpaired) electrons. The minimum absolute atomic E-state index is 0.225. The van der Waals surface area contributed by atoms with Gasteiger partial charge in [0.15, 0.2) is 0 Å². The Bertz CT molecular complexity index is 420. The van der Waals surface area contributed by atoms with Crippen LogP contribution in [-0.2, 0) is 4.79 Å². The Labute approximate surface area is 99.6 Å². The minimum Gasteiger partial charge on any atom is -0.492 e. The van der Waals surface area contributed by atoms with Crippen LogP contribution in [0.2, 0.25) is 0 Å². The highest BCUT2D eigenvalue weighted by Gasteiger charge is 2.11. The molecular weight excluding hydrogens is 222 g/mol. The van der Waals surface area contributed by atoms with Gasteiger partial charge >= 0.3 is 5.97 Å². The second-order valence-electron chi connectivity index (χ2n) is 3.44. The summed E-state index contributed by atoms with van der Waals surface area (Å²) in [6, 6.07) is 2.47. The van der Waals surface area contributed by atoms with Crippen molar-refractivity contribution in [2.45, 2.75) is 32.6 Å². The number of rotatable bonds is 5. The molecule has 0 aliphatic heterocycles. The van der Waals surface area contributed by atoms with Gasteiger partial charge < -0.3 is 15.1 Å². The summed E-state index contributed by atoms with van der Waals surface area (Å²) in [7, 11) is 0. The van der Waals surface area contributed by atoms with Gasteiger partial charge in [-0.3, -0.25) is 0 Å². The van der Waals surface area contributed by atoms with Crippen molar-refractivity contribution in [2.75, 3.05) is 0 Å². The van der Waals surface area contributed by atoms with Gasteiger partial charge in [-0.2, -0.15) is 0 Å². The molecule has 1 rings (SSSR count). The molecule has 0 fully saturated rings. The van der Waals surface area contributed by atoms with E-state index >= 15 is 0 Å². The van der Waals surface area contributed by atoms with Crippen LogP contribution in [0, 0.1) is 11.8 Å². The predicted octanol–water partition coefficient (Wildman–Crippen LogP) is 1.44. The van der Waals surface area contributed by atoms with Crippen molar-refractivity contribution in [3.8, 4) is 23.6 Å². The highest BCUT2D eigenvalue weighted by molar-refractivity contribution is 5.69. The van der Waals surface area contributed by atoms with E-state index in [0.717, 1.165) is 12.8 Å². The first kappa shape index (κ1) is 13.0. The van der Waals surface area contributed by atoms with E-state index in [1.807, 2.05) is 0 Å². The van der Waals surface area contributed by atoms with E-state index < -0.39 is 5.97 Å². The third kappa shape index (κ3) is 4.11. The summed E-state index contributed by atoms with van der Waals surface area (Å²) >= 11 is 0. The molecule has 0 amide bonds.